The van der Waals surface area contributed by atoms with Gasteiger partial charge in [-0.15, -0.1) is 0 Å². The van der Waals surface area contributed by atoms with Crippen molar-refractivity contribution in [1.82, 2.24) is 9.88 Å². The van der Waals surface area contributed by atoms with E-state index in [1.165, 1.54) is 4.90 Å². The molecule has 1 N–H and O–H groups in total. The molecular formula is C26H22N2O5S2. The number of carboxylic acid groups (broad SMARTS) is 1. The van der Waals surface area contributed by atoms with Crippen LogP contribution in [-0.4, -0.2) is 51.4 Å². The first-order valence-corrected chi connectivity index (χ1v) is 11.9. The smallest absolute Gasteiger partial charge is 0.327 e. The molecule has 9 heteroatoms. The number of hydrogen-bond acceptors (Lipinski definition) is 7. The van der Waals surface area contributed by atoms with Gasteiger partial charge >= 0.3 is 5.97 Å². The molecule has 1 aromatic heterocycles. The lowest BCUT2D eigenvalue weighted by atomic mass is 10.0. The topological polar surface area (TPSA) is 89.0 Å². The first kappa shape index (κ1) is 24.4. The third-order valence-corrected chi connectivity index (χ3v) is 6.79. The van der Waals surface area contributed by atoms with Crippen molar-refractivity contribution in [3.05, 3.63) is 82.9 Å². The summed E-state index contributed by atoms with van der Waals surface area (Å²) in [6.07, 6.45) is 3.47. The lowest BCUT2D eigenvalue weighted by Gasteiger charge is -2.23. The van der Waals surface area contributed by atoms with E-state index in [0.29, 0.717) is 27.7 Å². The summed E-state index contributed by atoms with van der Waals surface area (Å²) in [5.41, 5.74) is 2.95. The van der Waals surface area contributed by atoms with Gasteiger partial charge < -0.3 is 14.6 Å². The Balaban J connectivity index is 1.57. The first-order valence-electron chi connectivity index (χ1n) is 10.6. The number of aliphatic carboxylic acids is 1. The number of aromatic nitrogens is 1. The molecule has 2 aromatic carbocycles. The van der Waals surface area contributed by atoms with Gasteiger partial charge in [0.15, 0.2) is 11.5 Å². The minimum Gasteiger partial charge on any atom is -0.493 e. The molecule has 2 heterocycles. The zero-order valence-electron chi connectivity index (χ0n) is 19.0. The number of thioether (sulfide) groups is 1. The van der Waals surface area contributed by atoms with Crippen LogP contribution < -0.4 is 9.47 Å². The van der Waals surface area contributed by atoms with E-state index in [4.69, 9.17) is 21.7 Å². The number of methoxy groups -OCH3 is 2. The average Bonchev–Trinajstić information content (AvgIpc) is 3.15. The third-order valence-electron chi connectivity index (χ3n) is 5.46. The zero-order chi connectivity index (χ0) is 24.9. The zero-order valence-corrected chi connectivity index (χ0v) is 20.6. The maximum Gasteiger partial charge on any atom is 0.327 e. The van der Waals surface area contributed by atoms with Gasteiger partial charge in [0.1, 0.15) is 10.4 Å². The minimum absolute atomic E-state index is 0.161. The molecule has 178 valence electrons. The molecule has 3 aromatic rings. The van der Waals surface area contributed by atoms with Crippen LogP contribution in [-0.2, 0) is 16.0 Å². The van der Waals surface area contributed by atoms with Crippen molar-refractivity contribution in [2.24, 2.45) is 0 Å². The van der Waals surface area contributed by atoms with Gasteiger partial charge in [0.25, 0.3) is 5.91 Å². The number of hydrogen-bond donors (Lipinski definition) is 1. The Hall–Kier alpha value is -3.69. The van der Waals surface area contributed by atoms with Gasteiger partial charge in [-0.25, -0.2) is 4.79 Å². The summed E-state index contributed by atoms with van der Waals surface area (Å²) in [6, 6.07) is 17.3. The van der Waals surface area contributed by atoms with Crippen molar-refractivity contribution in [3.8, 4) is 22.8 Å². The number of carbonyl (C=O) groups excluding carboxylic acids is 1. The van der Waals surface area contributed by atoms with Crippen LogP contribution in [0.3, 0.4) is 0 Å². The number of carboxylic acids is 1. The van der Waals surface area contributed by atoms with Crippen LogP contribution in [0.15, 0.2) is 71.8 Å². The SMILES string of the molecule is COc1cccc(-c2ccc(/C=C3/SC(=S)N([C@@H](Cc4ccccc4)C(=O)O)C3=O)cn2)c1OC. The Morgan fingerprint density at radius 2 is 1.89 bits per heavy atom. The van der Waals surface area contributed by atoms with Crippen LogP contribution in [0.5, 0.6) is 11.5 Å². The van der Waals surface area contributed by atoms with Gasteiger partial charge in [-0.3, -0.25) is 14.7 Å². The molecule has 1 saturated heterocycles. The lowest BCUT2D eigenvalue weighted by Crippen LogP contribution is -2.45. The third kappa shape index (κ3) is 5.21. The van der Waals surface area contributed by atoms with Crippen LogP contribution in [0, 0.1) is 0 Å². The molecule has 35 heavy (non-hydrogen) atoms. The highest BCUT2D eigenvalue weighted by atomic mass is 32.2. The first-order chi connectivity index (χ1) is 16.9. The summed E-state index contributed by atoms with van der Waals surface area (Å²) in [5, 5.41) is 9.81. The Labute approximate surface area is 212 Å². The van der Waals surface area contributed by atoms with Gasteiger partial charge in [0, 0.05) is 18.2 Å². The summed E-state index contributed by atoms with van der Waals surface area (Å²) in [6.45, 7) is 0. The van der Waals surface area contributed by atoms with E-state index in [0.717, 1.165) is 22.9 Å². The number of nitrogens with zero attached hydrogens (tertiary/aromatic N) is 2. The fourth-order valence-electron chi connectivity index (χ4n) is 3.77. The van der Waals surface area contributed by atoms with E-state index in [9.17, 15) is 14.7 Å². The Morgan fingerprint density at radius 1 is 1.11 bits per heavy atom. The summed E-state index contributed by atoms with van der Waals surface area (Å²) < 4.78 is 11.1. The number of rotatable bonds is 8. The van der Waals surface area contributed by atoms with Crippen molar-refractivity contribution < 1.29 is 24.2 Å². The van der Waals surface area contributed by atoms with Crippen molar-refractivity contribution in [2.45, 2.75) is 12.5 Å². The Kier molecular flexibility index (Phi) is 7.48. The van der Waals surface area contributed by atoms with Crippen molar-refractivity contribution >= 4 is 46.3 Å². The Bertz CT molecular complexity index is 1290. The van der Waals surface area contributed by atoms with Crippen molar-refractivity contribution in [3.63, 3.8) is 0 Å². The van der Waals surface area contributed by atoms with E-state index in [2.05, 4.69) is 4.98 Å². The minimum atomic E-state index is -1.11. The van der Waals surface area contributed by atoms with Crippen LogP contribution in [0.25, 0.3) is 17.3 Å². The number of amides is 1. The number of carbonyl (C=O) groups is 2. The summed E-state index contributed by atoms with van der Waals surface area (Å²) in [7, 11) is 3.14. The highest BCUT2D eigenvalue weighted by Gasteiger charge is 2.40. The second kappa shape index (κ2) is 10.7. The quantitative estimate of drug-likeness (QED) is 0.349. The predicted molar refractivity (Wildman–Crippen MR) is 139 cm³/mol. The number of para-hydroxylation sites is 1. The number of thiocarbonyl (C=S) groups is 1. The van der Waals surface area contributed by atoms with Crippen LogP contribution >= 0.6 is 24.0 Å². The molecule has 0 radical (unpaired) electrons. The molecular weight excluding hydrogens is 484 g/mol. The fourth-order valence-corrected chi connectivity index (χ4v) is 5.12. The molecule has 7 nitrogen and oxygen atoms in total. The van der Waals surface area contributed by atoms with E-state index in [-0.39, 0.29) is 10.7 Å². The largest absolute Gasteiger partial charge is 0.493 e. The fraction of sp³-hybridized carbons (Fsp3) is 0.154. The molecule has 1 aliphatic heterocycles. The molecule has 1 fully saturated rings. The van der Waals surface area contributed by atoms with Crippen LogP contribution in [0.2, 0.25) is 0 Å². The average molecular weight is 507 g/mol. The maximum absolute atomic E-state index is 13.1. The number of ether oxygens (including phenoxy) is 2. The van der Waals surface area contributed by atoms with Crippen LogP contribution in [0.1, 0.15) is 11.1 Å². The molecule has 0 spiro atoms. The second-order valence-electron chi connectivity index (χ2n) is 7.61. The van der Waals surface area contributed by atoms with E-state index in [1.807, 2.05) is 54.6 Å². The van der Waals surface area contributed by atoms with Gasteiger partial charge in [-0.1, -0.05) is 66.4 Å². The molecule has 0 aliphatic carbocycles. The van der Waals surface area contributed by atoms with Crippen molar-refractivity contribution in [1.29, 1.82) is 0 Å². The monoisotopic (exact) mass is 506 g/mol. The van der Waals surface area contributed by atoms with E-state index >= 15 is 0 Å². The maximum atomic E-state index is 13.1. The second-order valence-corrected chi connectivity index (χ2v) is 9.29. The van der Waals surface area contributed by atoms with Gasteiger partial charge in [0.05, 0.1) is 24.8 Å². The summed E-state index contributed by atoms with van der Waals surface area (Å²) >= 11 is 6.47. The Morgan fingerprint density at radius 3 is 2.51 bits per heavy atom. The predicted octanol–water partition coefficient (Wildman–Crippen LogP) is 4.66. The lowest BCUT2D eigenvalue weighted by molar-refractivity contribution is -0.145. The van der Waals surface area contributed by atoms with Gasteiger partial charge in [0.2, 0.25) is 0 Å². The highest BCUT2D eigenvalue weighted by molar-refractivity contribution is 8.26. The molecule has 1 amide bonds. The normalized spacial score (nSPS) is 15.4. The molecule has 0 unspecified atom stereocenters. The molecule has 1 atom stereocenters. The number of benzene rings is 2. The summed E-state index contributed by atoms with van der Waals surface area (Å²) in [4.78, 5) is 31.2. The molecule has 0 bridgehead atoms. The van der Waals surface area contributed by atoms with E-state index in [1.54, 1.807) is 32.6 Å². The highest BCUT2D eigenvalue weighted by Crippen LogP contribution is 2.38. The van der Waals surface area contributed by atoms with Gasteiger partial charge in [-0.05, 0) is 35.4 Å². The number of pyridine rings is 1. The molecule has 4 rings (SSSR count). The van der Waals surface area contributed by atoms with Crippen molar-refractivity contribution in [2.75, 3.05) is 14.2 Å². The van der Waals surface area contributed by atoms with Crippen LogP contribution in [0.4, 0.5) is 0 Å². The van der Waals surface area contributed by atoms with Gasteiger partial charge in [-0.2, -0.15) is 0 Å². The van der Waals surface area contributed by atoms with E-state index < -0.39 is 17.9 Å². The molecule has 1 aliphatic rings. The molecule has 0 saturated carbocycles. The standard InChI is InChI=1S/C26H22N2O5S2/c1-32-21-10-6-9-18(23(21)33-2)19-12-11-17(15-27-19)14-22-24(29)28(26(34)35-22)20(25(30)31)13-16-7-4-3-5-8-16/h3-12,14-15,20H,13H2,1-2H3,(H,30,31)/b22-14+/t20-/m0/s1. The summed E-state index contributed by atoms with van der Waals surface area (Å²) in [5.74, 6) is -0.358.